The van der Waals surface area contributed by atoms with Crippen LogP contribution in [0.4, 0.5) is 0 Å². The molecule has 1 aliphatic carbocycles. The van der Waals surface area contributed by atoms with Gasteiger partial charge in [0, 0.05) is 13.1 Å². The minimum absolute atomic E-state index is 0.0621. The third-order valence-corrected chi connectivity index (χ3v) is 6.47. The zero-order chi connectivity index (χ0) is 22.5. The highest BCUT2D eigenvalue weighted by atomic mass is 16.2. The number of hydrogen-bond acceptors (Lipinski definition) is 3. The summed E-state index contributed by atoms with van der Waals surface area (Å²) in [4.78, 5) is 32.5. The van der Waals surface area contributed by atoms with E-state index in [0.29, 0.717) is 18.3 Å². The van der Waals surface area contributed by atoms with Crippen LogP contribution in [-0.4, -0.2) is 39.4 Å². The van der Waals surface area contributed by atoms with Gasteiger partial charge in [0.25, 0.3) is 0 Å². The van der Waals surface area contributed by atoms with E-state index in [1.54, 1.807) is 0 Å². The van der Waals surface area contributed by atoms with E-state index in [4.69, 9.17) is 4.98 Å². The Morgan fingerprint density at radius 3 is 2.50 bits per heavy atom. The van der Waals surface area contributed by atoms with Crippen LogP contribution < -0.4 is 5.32 Å². The summed E-state index contributed by atoms with van der Waals surface area (Å²) in [5.41, 5.74) is 2.71. The van der Waals surface area contributed by atoms with Crippen molar-refractivity contribution in [1.29, 1.82) is 0 Å². The van der Waals surface area contributed by atoms with Crippen molar-refractivity contribution in [1.82, 2.24) is 19.8 Å². The minimum atomic E-state index is -0.314. The van der Waals surface area contributed by atoms with Crippen molar-refractivity contribution in [3.63, 3.8) is 0 Å². The number of carbonyl (C=O) groups excluding carboxylic acids is 2. The number of hydrogen-bond donors (Lipinski definition) is 1. The number of benzene rings is 2. The molecule has 6 heteroatoms. The quantitative estimate of drug-likeness (QED) is 0.607. The van der Waals surface area contributed by atoms with Gasteiger partial charge in [0.05, 0.1) is 23.5 Å². The fourth-order valence-corrected chi connectivity index (χ4v) is 4.65. The zero-order valence-corrected chi connectivity index (χ0v) is 19.0. The molecule has 168 valence electrons. The van der Waals surface area contributed by atoms with Crippen molar-refractivity contribution >= 4 is 22.8 Å². The van der Waals surface area contributed by atoms with Crippen molar-refractivity contribution < 1.29 is 9.59 Å². The standard InChI is InChI=1S/C26H32N4O2/c1-19(27-24(31)17-20-11-5-3-6-12-20)26-28-22-15-9-10-16-23(22)30(26)18-25(32)29(2)21-13-7-4-8-14-21/h3,5-6,9-12,15-16,19,21H,4,7-8,13-14,17-18H2,1-2H3,(H,27,31). The lowest BCUT2D eigenvalue weighted by atomic mass is 9.94. The van der Waals surface area contributed by atoms with Gasteiger partial charge in [0.2, 0.25) is 11.8 Å². The van der Waals surface area contributed by atoms with Crippen molar-refractivity contribution in [2.45, 2.75) is 64.1 Å². The highest BCUT2D eigenvalue weighted by molar-refractivity contribution is 5.82. The average Bonchev–Trinajstić information content (AvgIpc) is 3.18. The second kappa shape index (κ2) is 9.98. The van der Waals surface area contributed by atoms with Crippen LogP contribution in [0.1, 0.15) is 56.5 Å². The van der Waals surface area contributed by atoms with Gasteiger partial charge in [-0.3, -0.25) is 9.59 Å². The Morgan fingerprint density at radius 1 is 1.06 bits per heavy atom. The Kier molecular flexibility index (Phi) is 6.88. The molecule has 0 bridgehead atoms. The molecule has 1 saturated carbocycles. The molecule has 1 atom stereocenters. The Bertz CT molecular complexity index is 1070. The molecular weight excluding hydrogens is 400 g/mol. The minimum Gasteiger partial charge on any atom is -0.346 e. The summed E-state index contributed by atoms with van der Waals surface area (Å²) in [7, 11) is 1.92. The van der Waals surface area contributed by atoms with Crippen LogP contribution >= 0.6 is 0 Å². The molecular formula is C26H32N4O2. The molecule has 1 unspecified atom stereocenters. The van der Waals surface area contributed by atoms with Crippen molar-refractivity contribution in [2.24, 2.45) is 0 Å². The van der Waals surface area contributed by atoms with E-state index in [1.165, 1.54) is 19.3 Å². The van der Waals surface area contributed by atoms with E-state index < -0.39 is 0 Å². The van der Waals surface area contributed by atoms with Gasteiger partial charge in [-0.15, -0.1) is 0 Å². The largest absolute Gasteiger partial charge is 0.346 e. The normalized spacial score (nSPS) is 15.4. The molecule has 2 amide bonds. The molecule has 0 aliphatic heterocycles. The van der Waals surface area contributed by atoms with Gasteiger partial charge in [0.15, 0.2) is 0 Å². The van der Waals surface area contributed by atoms with E-state index in [0.717, 1.165) is 29.4 Å². The van der Waals surface area contributed by atoms with E-state index in [1.807, 2.05) is 78.0 Å². The molecule has 1 heterocycles. The van der Waals surface area contributed by atoms with Gasteiger partial charge in [-0.05, 0) is 37.5 Å². The van der Waals surface area contributed by atoms with Crippen molar-refractivity contribution in [2.75, 3.05) is 7.05 Å². The van der Waals surface area contributed by atoms with Crippen molar-refractivity contribution in [3.05, 3.63) is 66.0 Å². The number of nitrogens with zero attached hydrogens (tertiary/aromatic N) is 3. The Balaban J connectivity index is 1.53. The van der Waals surface area contributed by atoms with E-state index in [2.05, 4.69) is 5.32 Å². The van der Waals surface area contributed by atoms with Crippen LogP contribution in [0.15, 0.2) is 54.6 Å². The van der Waals surface area contributed by atoms with Gasteiger partial charge in [-0.1, -0.05) is 61.7 Å². The molecule has 1 fully saturated rings. The summed E-state index contributed by atoms with van der Waals surface area (Å²) in [6.45, 7) is 2.15. The zero-order valence-electron chi connectivity index (χ0n) is 19.0. The number of para-hydroxylation sites is 2. The molecule has 1 aliphatic rings. The lowest BCUT2D eigenvalue weighted by molar-refractivity contribution is -0.133. The molecule has 1 N–H and O–H groups in total. The van der Waals surface area contributed by atoms with Gasteiger partial charge >= 0.3 is 0 Å². The summed E-state index contributed by atoms with van der Waals surface area (Å²) in [6.07, 6.45) is 6.10. The predicted molar refractivity (Wildman–Crippen MR) is 126 cm³/mol. The Labute approximate surface area is 189 Å². The van der Waals surface area contributed by atoms with E-state index in [9.17, 15) is 9.59 Å². The first kappa shape index (κ1) is 22.1. The summed E-state index contributed by atoms with van der Waals surface area (Å²) in [5.74, 6) is 0.732. The molecule has 4 rings (SSSR count). The van der Waals surface area contributed by atoms with Crippen LogP contribution in [-0.2, 0) is 22.6 Å². The number of likely N-dealkylation sites (N-methyl/N-ethyl adjacent to an activating group) is 1. The summed E-state index contributed by atoms with van der Waals surface area (Å²) in [5, 5.41) is 3.06. The fourth-order valence-electron chi connectivity index (χ4n) is 4.65. The SMILES string of the molecule is CC(NC(=O)Cc1ccccc1)c1nc2ccccc2n1CC(=O)N(C)C1CCCCC1. The van der Waals surface area contributed by atoms with Gasteiger partial charge < -0.3 is 14.8 Å². The smallest absolute Gasteiger partial charge is 0.242 e. The molecule has 1 aromatic heterocycles. The van der Waals surface area contributed by atoms with Crippen LogP contribution in [0, 0.1) is 0 Å². The van der Waals surface area contributed by atoms with Crippen LogP contribution in [0.25, 0.3) is 11.0 Å². The molecule has 32 heavy (non-hydrogen) atoms. The second-order valence-electron chi connectivity index (χ2n) is 8.79. The highest BCUT2D eigenvalue weighted by Gasteiger charge is 2.25. The first-order chi connectivity index (χ1) is 15.5. The van der Waals surface area contributed by atoms with E-state index in [-0.39, 0.29) is 24.4 Å². The Hall–Kier alpha value is -3.15. The summed E-state index contributed by atoms with van der Waals surface area (Å²) >= 11 is 0. The second-order valence-corrected chi connectivity index (χ2v) is 8.79. The fraction of sp³-hybridized carbons (Fsp3) is 0.423. The number of aromatic nitrogens is 2. The lowest BCUT2D eigenvalue weighted by Gasteiger charge is -2.31. The summed E-state index contributed by atoms with van der Waals surface area (Å²) < 4.78 is 1.96. The third-order valence-electron chi connectivity index (χ3n) is 6.47. The maximum absolute atomic E-state index is 13.2. The average molecular weight is 433 g/mol. The van der Waals surface area contributed by atoms with Crippen LogP contribution in [0.3, 0.4) is 0 Å². The first-order valence-electron chi connectivity index (χ1n) is 11.6. The highest BCUT2D eigenvalue weighted by Crippen LogP contribution is 2.24. The number of rotatable bonds is 7. The molecule has 0 radical (unpaired) electrons. The van der Waals surface area contributed by atoms with Crippen LogP contribution in [0.2, 0.25) is 0 Å². The number of amides is 2. The molecule has 2 aromatic carbocycles. The molecule has 3 aromatic rings. The summed E-state index contributed by atoms with van der Waals surface area (Å²) in [6, 6.07) is 17.5. The van der Waals surface area contributed by atoms with Gasteiger partial charge in [-0.25, -0.2) is 4.98 Å². The number of fused-ring (bicyclic) bond motifs is 1. The maximum atomic E-state index is 13.2. The number of carbonyl (C=O) groups is 2. The van der Waals surface area contributed by atoms with Gasteiger partial charge in [0.1, 0.15) is 12.4 Å². The third kappa shape index (κ3) is 5.01. The monoisotopic (exact) mass is 432 g/mol. The van der Waals surface area contributed by atoms with E-state index >= 15 is 0 Å². The van der Waals surface area contributed by atoms with Crippen molar-refractivity contribution in [3.8, 4) is 0 Å². The molecule has 0 saturated heterocycles. The number of nitrogens with one attached hydrogen (secondary N) is 1. The Morgan fingerprint density at radius 2 is 1.75 bits per heavy atom. The first-order valence-corrected chi connectivity index (χ1v) is 11.6. The van der Waals surface area contributed by atoms with Gasteiger partial charge in [-0.2, -0.15) is 0 Å². The lowest BCUT2D eigenvalue weighted by Crippen LogP contribution is -2.40. The topological polar surface area (TPSA) is 67.2 Å². The molecule has 6 nitrogen and oxygen atoms in total. The van der Waals surface area contributed by atoms with Crippen LogP contribution in [0.5, 0.6) is 0 Å². The predicted octanol–water partition coefficient (Wildman–Crippen LogP) is 4.25. The number of imidazole rings is 1. The maximum Gasteiger partial charge on any atom is 0.242 e. The molecule has 0 spiro atoms.